The van der Waals surface area contributed by atoms with Crippen LogP contribution in [0.25, 0.3) is 0 Å². The van der Waals surface area contributed by atoms with Gasteiger partial charge in [-0.25, -0.2) is 4.79 Å². The van der Waals surface area contributed by atoms with Crippen molar-refractivity contribution in [2.45, 2.75) is 30.5 Å². The number of rotatable bonds is 7. The van der Waals surface area contributed by atoms with E-state index >= 15 is 0 Å². The van der Waals surface area contributed by atoms with Crippen molar-refractivity contribution >= 4 is 40.8 Å². The normalized spacial score (nSPS) is 14.3. The van der Waals surface area contributed by atoms with Crippen molar-refractivity contribution in [3.05, 3.63) is 91.3 Å². The molecule has 3 rings (SSSR count). The lowest BCUT2D eigenvalue weighted by Gasteiger charge is -2.37. The molecule has 2 atom stereocenters. The van der Waals surface area contributed by atoms with Gasteiger partial charge in [-0.2, -0.15) is 13.2 Å². The molecule has 1 heterocycles. The first-order valence-electron chi connectivity index (χ1n) is 9.86. The van der Waals surface area contributed by atoms with Crippen LogP contribution in [0.5, 0.6) is 11.5 Å². The highest BCUT2D eigenvalue weighted by atomic mass is 35.5. The van der Waals surface area contributed by atoms with Crippen LogP contribution in [0.15, 0.2) is 53.5 Å². The number of aromatic nitrogens is 1. The molecule has 186 valence electrons. The summed E-state index contributed by atoms with van der Waals surface area (Å²) in [7, 11) is 0. The Morgan fingerprint density at radius 1 is 1.09 bits per heavy atom. The van der Waals surface area contributed by atoms with Crippen LogP contribution < -0.4 is 10.3 Å². The number of pyridine rings is 1. The molecule has 0 bridgehead atoms. The summed E-state index contributed by atoms with van der Waals surface area (Å²) >= 11 is 17.8. The maximum atomic E-state index is 14.2. The lowest BCUT2D eigenvalue weighted by molar-refractivity contribution is -0.274. The fraction of sp³-hybridized carbons (Fsp3) is 0.217. The third-order valence-electron chi connectivity index (χ3n) is 5.47. The van der Waals surface area contributed by atoms with E-state index in [1.807, 2.05) is 0 Å². The number of benzene rings is 2. The van der Waals surface area contributed by atoms with Crippen LogP contribution in [-0.4, -0.2) is 27.3 Å². The van der Waals surface area contributed by atoms with E-state index in [2.05, 4.69) is 4.98 Å². The van der Waals surface area contributed by atoms with Gasteiger partial charge >= 0.3 is 12.1 Å². The molecule has 0 saturated heterocycles. The molecule has 6 nitrogen and oxygen atoms in total. The molecule has 12 heteroatoms. The van der Waals surface area contributed by atoms with Gasteiger partial charge in [0.25, 0.3) is 5.56 Å². The number of carbonyl (C=O) groups is 1. The first-order valence-corrected chi connectivity index (χ1v) is 11.2. The zero-order valence-electron chi connectivity index (χ0n) is 17.8. The van der Waals surface area contributed by atoms with Gasteiger partial charge in [0.15, 0.2) is 5.60 Å². The summed E-state index contributed by atoms with van der Waals surface area (Å²) in [5.74, 6) is -2.88. The fourth-order valence-corrected chi connectivity index (χ4v) is 4.31. The van der Waals surface area contributed by atoms with Crippen LogP contribution in [0.3, 0.4) is 0 Å². The highest BCUT2D eigenvalue weighted by Crippen LogP contribution is 2.50. The number of ether oxygens (including phenoxy) is 1. The van der Waals surface area contributed by atoms with Gasteiger partial charge in [-0.15, -0.1) is 11.6 Å². The highest BCUT2D eigenvalue weighted by molar-refractivity contribution is 6.33. The summed E-state index contributed by atoms with van der Waals surface area (Å²) < 4.78 is 48.2. The lowest BCUT2D eigenvalue weighted by atomic mass is 9.78. The topological polar surface area (TPSA) is 99.6 Å². The number of aliphatic hydroxyl groups is 1. The zero-order valence-corrected chi connectivity index (χ0v) is 20.1. The number of aromatic carboxylic acids is 1. The van der Waals surface area contributed by atoms with E-state index in [-0.39, 0.29) is 44.1 Å². The Hall–Kier alpha value is -2.72. The highest BCUT2D eigenvalue weighted by Gasteiger charge is 2.59. The van der Waals surface area contributed by atoms with Crippen LogP contribution in [0.4, 0.5) is 13.2 Å². The molecule has 0 amide bonds. The van der Waals surface area contributed by atoms with Crippen molar-refractivity contribution in [2.24, 2.45) is 0 Å². The Morgan fingerprint density at radius 3 is 2.20 bits per heavy atom. The molecule has 35 heavy (non-hydrogen) atoms. The maximum Gasteiger partial charge on any atom is 0.422 e. The molecule has 2 aromatic carbocycles. The van der Waals surface area contributed by atoms with Gasteiger partial charge in [0.05, 0.1) is 16.5 Å². The van der Waals surface area contributed by atoms with Crippen LogP contribution in [0.2, 0.25) is 10.0 Å². The van der Waals surface area contributed by atoms with Crippen molar-refractivity contribution in [1.82, 2.24) is 4.98 Å². The number of carboxylic acid groups (broad SMARTS) is 1. The summed E-state index contributed by atoms with van der Waals surface area (Å²) in [5, 5.41) is 19.8. The minimum atomic E-state index is -5.14. The van der Waals surface area contributed by atoms with Crippen molar-refractivity contribution in [1.29, 1.82) is 0 Å². The van der Waals surface area contributed by atoms with Gasteiger partial charge in [-0.1, -0.05) is 36.2 Å². The molecule has 0 spiro atoms. The first-order chi connectivity index (χ1) is 16.3. The maximum absolute atomic E-state index is 14.2. The number of hydrogen-bond donors (Lipinski definition) is 3. The molecule has 0 aliphatic heterocycles. The van der Waals surface area contributed by atoms with Gasteiger partial charge in [0.1, 0.15) is 11.5 Å². The lowest BCUT2D eigenvalue weighted by Crippen LogP contribution is -2.47. The van der Waals surface area contributed by atoms with E-state index in [1.165, 1.54) is 36.4 Å². The Labute approximate surface area is 211 Å². The average molecular weight is 551 g/mol. The largest absolute Gasteiger partial charge is 0.478 e. The van der Waals surface area contributed by atoms with Gasteiger partial charge in [0, 0.05) is 34.3 Å². The van der Waals surface area contributed by atoms with Gasteiger partial charge in [-0.05, 0) is 35.9 Å². The summed E-state index contributed by atoms with van der Waals surface area (Å²) in [6, 6.07) is 8.62. The van der Waals surface area contributed by atoms with E-state index in [0.29, 0.717) is 0 Å². The Morgan fingerprint density at radius 2 is 1.69 bits per heavy atom. The Kier molecular flexibility index (Phi) is 7.76. The van der Waals surface area contributed by atoms with Gasteiger partial charge < -0.3 is 19.9 Å². The van der Waals surface area contributed by atoms with E-state index in [1.54, 1.807) is 0 Å². The number of alkyl halides is 4. The zero-order chi connectivity index (χ0) is 26.1. The minimum Gasteiger partial charge on any atom is -0.478 e. The second-order valence-electron chi connectivity index (χ2n) is 7.59. The molecule has 0 saturated carbocycles. The standard InChI is InChI=1S/C23H17Cl3F3NO5/c1-11(22(34,23(27,28)29)13-6-12(9-24)20(31)30-10-13)16-4-2-14(7-18(16)25)35-15-3-5-17(21(32)33)19(26)8-15/h2-8,10-11,34H,9H2,1H3,(H,30,31)(H,32,33). The summed E-state index contributed by atoms with van der Waals surface area (Å²) in [6.07, 6.45) is -4.35. The van der Waals surface area contributed by atoms with Crippen molar-refractivity contribution in [3.8, 4) is 11.5 Å². The quantitative estimate of drug-likeness (QED) is 0.293. The van der Waals surface area contributed by atoms with E-state index < -0.39 is 34.8 Å². The second kappa shape index (κ2) is 10.1. The predicted molar refractivity (Wildman–Crippen MR) is 125 cm³/mol. The smallest absolute Gasteiger partial charge is 0.422 e. The van der Waals surface area contributed by atoms with Gasteiger partial charge in [-0.3, -0.25) is 4.79 Å². The number of carboxylic acids is 1. The molecule has 0 radical (unpaired) electrons. The van der Waals surface area contributed by atoms with Crippen LogP contribution in [0.1, 0.15) is 39.9 Å². The van der Waals surface area contributed by atoms with Crippen LogP contribution >= 0.6 is 34.8 Å². The van der Waals surface area contributed by atoms with Crippen molar-refractivity contribution in [3.63, 3.8) is 0 Å². The monoisotopic (exact) mass is 549 g/mol. The van der Waals surface area contributed by atoms with E-state index in [9.17, 15) is 27.9 Å². The molecule has 1 aromatic heterocycles. The molecular weight excluding hydrogens is 534 g/mol. The summed E-state index contributed by atoms with van der Waals surface area (Å²) in [6.45, 7) is 1.14. The van der Waals surface area contributed by atoms with Crippen molar-refractivity contribution < 1.29 is 32.9 Å². The van der Waals surface area contributed by atoms with Crippen LogP contribution in [-0.2, 0) is 11.5 Å². The SMILES string of the molecule is CC(c1ccc(Oc2ccc(C(=O)O)c(Cl)c2)cc1Cl)C(O)(c1c[nH]c(=O)c(CCl)c1)C(F)(F)F. The first kappa shape index (κ1) is 26.9. The van der Waals surface area contributed by atoms with Gasteiger partial charge in [0.2, 0.25) is 0 Å². The number of hydrogen-bond acceptors (Lipinski definition) is 4. The number of nitrogens with one attached hydrogen (secondary N) is 1. The van der Waals surface area contributed by atoms with E-state index in [0.717, 1.165) is 19.2 Å². The summed E-state index contributed by atoms with van der Waals surface area (Å²) in [5.41, 5.74) is -5.00. The average Bonchev–Trinajstić information content (AvgIpc) is 2.77. The summed E-state index contributed by atoms with van der Waals surface area (Å²) in [4.78, 5) is 25.0. The molecule has 2 unspecified atom stereocenters. The third-order valence-corrected chi connectivity index (χ3v) is 6.40. The Balaban J connectivity index is 1.98. The Bertz CT molecular complexity index is 1330. The molecule has 0 aliphatic carbocycles. The molecule has 0 fully saturated rings. The number of H-pyrrole nitrogens is 1. The van der Waals surface area contributed by atoms with Crippen LogP contribution in [0, 0.1) is 0 Å². The predicted octanol–water partition coefficient (Wildman–Crippen LogP) is 6.46. The fourth-order valence-electron chi connectivity index (χ4n) is 3.53. The third kappa shape index (κ3) is 5.28. The van der Waals surface area contributed by atoms with Crippen molar-refractivity contribution in [2.75, 3.05) is 0 Å². The molecular formula is C23H17Cl3F3NO5. The van der Waals surface area contributed by atoms with E-state index in [4.69, 9.17) is 44.6 Å². The molecule has 0 aliphatic rings. The minimum absolute atomic E-state index is 0.0447. The second-order valence-corrected chi connectivity index (χ2v) is 8.68. The molecule has 3 aromatic rings. The molecule has 3 N–H and O–H groups in total. The number of halogens is 6. The number of aromatic amines is 1.